The molecule has 6 aromatic rings. The van der Waals surface area contributed by atoms with E-state index in [0.717, 1.165) is 11.1 Å². The van der Waals surface area contributed by atoms with Crippen molar-refractivity contribution >= 4 is 52.4 Å². The van der Waals surface area contributed by atoms with E-state index < -0.39 is 0 Å². The third-order valence-electron chi connectivity index (χ3n) is 8.18. The summed E-state index contributed by atoms with van der Waals surface area (Å²) >= 11 is 0. The van der Waals surface area contributed by atoms with Gasteiger partial charge >= 0.3 is 16.5 Å². The average Bonchev–Trinajstić information content (AvgIpc) is 3.91. The van der Waals surface area contributed by atoms with Crippen molar-refractivity contribution in [1.82, 2.24) is 19.9 Å². The van der Waals surface area contributed by atoms with Gasteiger partial charge in [0.1, 0.15) is 11.6 Å². The maximum Gasteiger partial charge on any atom is 2.00 e. The van der Waals surface area contributed by atoms with E-state index in [4.69, 9.17) is 19.9 Å². The third-order valence-corrected chi connectivity index (χ3v) is 8.18. The van der Waals surface area contributed by atoms with E-state index in [9.17, 15) is 8.78 Å². The fraction of sp³-hybridized carbons (Fsp3) is 0. The van der Waals surface area contributed by atoms with Gasteiger partial charge in [-0.3, -0.25) is 0 Å². The summed E-state index contributed by atoms with van der Waals surface area (Å²) in [5, 5.41) is 0. The number of benzene rings is 3. The standard InChI is InChI=1S/C41H24F2N4.Ni/c1-2-8-30-31-15-17-35(44-31)40(26-11-6-13-28(42)23-26)37-21-19-33(46-37)39(25-9-4-3-5-10-25)34-20-22-38(47-34)41(36-18-16-32(30)45-36)27-12-7-14-29(43)24-27;/h3-24H,1H2;/q-2;+2. The molecular formula is C41H24F2N4Ni. The van der Waals surface area contributed by atoms with Crippen LogP contribution in [0.4, 0.5) is 8.78 Å². The van der Waals surface area contributed by atoms with Crippen LogP contribution >= 0.6 is 0 Å². The molecule has 3 aromatic carbocycles. The second kappa shape index (κ2) is 12.7. The number of aromatic nitrogens is 4. The topological polar surface area (TPSA) is 54.0 Å². The third kappa shape index (κ3) is 5.56. The van der Waals surface area contributed by atoms with Crippen molar-refractivity contribution in [3.8, 4) is 33.4 Å². The van der Waals surface area contributed by atoms with Gasteiger partial charge in [-0.15, -0.1) is 27.8 Å². The van der Waals surface area contributed by atoms with Crippen LogP contribution in [0.3, 0.4) is 0 Å². The van der Waals surface area contributed by atoms with E-state index in [1.165, 1.54) is 24.3 Å². The molecule has 232 valence electrons. The first-order valence-electron chi connectivity index (χ1n) is 15.0. The molecular weight excluding hydrogens is 645 g/mol. The number of hydrogen-bond acceptors (Lipinski definition) is 2. The van der Waals surface area contributed by atoms with E-state index >= 15 is 0 Å². The average molecular weight is 669 g/mol. The van der Waals surface area contributed by atoms with Crippen molar-refractivity contribution in [2.75, 3.05) is 0 Å². The smallest absolute Gasteiger partial charge is 0.657 e. The number of rotatable bonds is 4. The van der Waals surface area contributed by atoms with Gasteiger partial charge in [-0.1, -0.05) is 85.4 Å². The Hall–Kier alpha value is -5.87. The van der Waals surface area contributed by atoms with E-state index in [0.29, 0.717) is 72.7 Å². The van der Waals surface area contributed by atoms with Crippen molar-refractivity contribution in [2.24, 2.45) is 0 Å². The van der Waals surface area contributed by atoms with Crippen LogP contribution < -0.4 is 9.97 Å². The van der Waals surface area contributed by atoms with Crippen LogP contribution in [-0.4, -0.2) is 9.97 Å². The summed E-state index contributed by atoms with van der Waals surface area (Å²) in [6.45, 7) is 3.81. The SMILES string of the molecule is C=C=Cc1c2nc(c(-c3cccc(F)c3)c3ccc([n-]3)c(-c3ccccc3)c3nc(c(-c4cccc(F)c4)c4ccc1[n-]4)C=C3)C=C2.[Ni+2]. The molecule has 8 rings (SSSR count). The molecule has 0 unspecified atom stereocenters. The number of nitrogens with zero attached hydrogens (tertiary/aromatic N) is 4. The summed E-state index contributed by atoms with van der Waals surface area (Å²) in [4.78, 5) is 20.3. The van der Waals surface area contributed by atoms with Gasteiger partial charge in [-0.05, 0) is 93.6 Å². The first-order valence-corrected chi connectivity index (χ1v) is 15.0. The van der Waals surface area contributed by atoms with Gasteiger partial charge in [0.15, 0.2) is 0 Å². The minimum absolute atomic E-state index is 0. The molecule has 0 N–H and O–H groups in total. The summed E-state index contributed by atoms with van der Waals surface area (Å²) in [6, 6.07) is 30.5. The van der Waals surface area contributed by atoms with Gasteiger partial charge in [-0.2, -0.15) is 0 Å². The molecule has 0 spiro atoms. The second-order valence-electron chi connectivity index (χ2n) is 11.1. The zero-order chi connectivity index (χ0) is 31.9. The Kier molecular flexibility index (Phi) is 8.16. The summed E-state index contributed by atoms with van der Waals surface area (Å²) in [5.74, 6) is -0.710. The van der Waals surface area contributed by atoms with Crippen LogP contribution in [0.15, 0.2) is 115 Å². The Morgan fingerprint density at radius 1 is 0.521 bits per heavy atom. The Labute approximate surface area is 285 Å². The Balaban J connectivity index is 0.00000364. The van der Waals surface area contributed by atoms with Crippen molar-refractivity contribution in [1.29, 1.82) is 0 Å². The van der Waals surface area contributed by atoms with E-state index in [-0.39, 0.29) is 28.1 Å². The minimum Gasteiger partial charge on any atom is -0.657 e. The van der Waals surface area contributed by atoms with Gasteiger partial charge in [0, 0.05) is 0 Å². The normalized spacial score (nSPS) is 11.6. The molecule has 48 heavy (non-hydrogen) atoms. The maximum absolute atomic E-state index is 14.6. The molecule has 3 aromatic heterocycles. The molecule has 0 radical (unpaired) electrons. The zero-order valence-corrected chi connectivity index (χ0v) is 26.3. The molecule has 2 aliphatic rings. The van der Waals surface area contributed by atoms with E-state index in [1.54, 1.807) is 18.2 Å². The molecule has 0 fully saturated rings. The molecule has 5 heterocycles. The van der Waals surface area contributed by atoms with E-state index in [2.05, 4.69) is 12.3 Å². The zero-order valence-electron chi connectivity index (χ0n) is 25.3. The van der Waals surface area contributed by atoms with Crippen LogP contribution in [0.1, 0.15) is 28.3 Å². The Morgan fingerprint density at radius 2 is 0.958 bits per heavy atom. The monoisotopic (exact) mass is 668 g/mol. The molecule has 7 heteroatoms. The molecule has 8 bridgehead atoms. The Bertz CT molecular complexity index is 2460. The fourth-order valence-electron chi connectivity index (χ4n) is 6.14. The van der Waals surface area contributed by atoms with E-state index in [1.807, 2.05) is 91.0 Å². The molecule has 0 saturated carbocycles. The van der Waals surface area contributed by atoms with Gasteiger partial charge in [0.05, 0.1) is 22.8 Å². The molecule has 0 atom stereocenters. The largest absolute Gasteiger partial charge is 2.00 e. The van der Waals surface area contributed by atoms with Crippen LogP contribution in [-0.2, 0) is 16.5 Å². The number of fused-ring (bicyclic) bond motifs is 8. The first kappa shape index (κ1) is 30.8. The molecule has 0 amide bonds. The predicted octanol–water partition coefficient (Wildman–Crippen LogP) is 9.99. The van der Waals surface area contributed by atoms with Gasteiger partial charge in [0.25, 0.3) is 0 Å². The molecule has 0 saturated heterocycles. The predicted molar refractivity (Wildman–Crippen MR) is 187 cm³/mol. The quantitative estimate of drug-likeness (QED) is 0.138. The van der Waals surface area contributed by atoms with Crippen LogP contribution in [0.25, 0.3) is 85.8 Å². The van der Waals surface area contributed by atoms with Gasteiger partial charge < -0.3 is 9.97 Å². The van der Waals surface area contributed by atoms with Gasteiger partial charge in [0.2, 0.25) is 0 Å². The molecule has 4 nitrogen and oxygen atoms in total. The number of halogens is 2. The van der Waals surface area contributed by atoms with Crippen molar-refractivity contribution in [2.45, 2.75) is 0 Å². The fourth-order valence-corrected chi connectivity index (χ4v) is 6.14. The van der Waals surface area contributed by atoms with Gasteiger partial charge in [-0.25, -0.2) is 18.7 Å². The van der Waals surface area contributed by atoms with Crippen LogP contribution in [0.2, 0.25) is 0 Å². The molecule has 2 aliphatic heterocycles. The summed E-state index contributed by atoms with van der Waals surface area (Å²) in [7, 11) is 0. The van der Waals surface area contributed by atoms with Crippen molar-refractivity contribution < 1.29 is 25.3 Å². The first-order chi connectivity index (χ1) is 23.1. The second-order valence-corrected chi connectivity index (χ2v) is 11.1. The summed E-state index contributed by atoms with van der Waals surface area (Å²) in [5.41, 5.74) is 13.3. The maximum atomic E-state index is 14.6. The Morgan fingerprint density at radius 3 is 1.48 bits per heavy atom. The van der Waals surface area contributed by atoms with Crippen LogP contribution in [0, 0.1) is 11.6 Å². The minimum atomic E-state index is -0.355. The van der Waals surface area contributed by atoms with Crippen molar-refractivity contribution in [3.63, 3.8) is 0 Å². The summed E-state index contributed by atoms with van der Waals surface area (Å²) in [6.07, 6.45) is 9.42. The van der Waals surface area contributed by atoms with Crippen molar-refractivity contribution in [3.05, 3.63) is 155 Å². The number of hydrogen-bond donors (Lipinski definition) is 0. The summed E-state index contributed by atoms with van der Waals surface area (Å²) < 4.78 is 29.2. The van der Waals surface area contributed by atoms with Crippen LogP contribution in [0.5, 0.6) is 0 Å². The molecule has 0 aliphatic carbocycles.